The Hall–Kier alpha value is -3.02. The zero-order valence-electron chi connectivity index (χ0n) is 14.8. The van der Waals surface area contributed by atoms with Gasteiger partial charge in [0.05, 0.1) is 19.4 Å². The average molecular weight is 340 g/mol. The number of rotatable bonds is 8. The van der Waals surface area contributed by atoms with Crippen LogP contribution in [0.25, 0.3) is 0 Å². The molecule has 0 aliphatic rings. The summed E-state index contributed by atoms with van der Waals surface area (Å²) in [4.78, 5) is 13.8. The predicted octanol–water partition coefficient (Wildman–Crippen LogP) is 2.71. The van der Waals surface area contributed by atoms with Gasteiger partial charge >= 0.3 is 0 Å². The second-order valence-electron chi connectivity index (χ2n) is 5.59. The maximum absolute atomic E-state index is 11.8. The van der Waals surface area contributed by atoms with Gasteiger partial charge in [-0.2, -0.15) is 5.10 Å². The first-order valence-corrected chi connectivity index (χ1v) is 8.14. The van der Waals surface area contributed by atoms with Crippen LogP contribution in [0.3, 0.4) is 0 Å². The summed E-state index contributed by atoms with van der Waals surface area (Å²) in [6, 6.07) is 15.3. The summed E-state index contributed by atoms with van der Waals surface area (Å²) >= 11 is 0. The summed E-state index contributed by atoms with van der Waals surface area (Å²) < 4.78 is 5.37. The number of benzene rings is 2. The minimum atomic E-state index is -0.213. The monoisotopic (exact) mass is 340 g/mol. The first kappa shape index (κ1) is 18.3. The molecular weight excluding hydrogens is 316 g/mol. The molecule has 2 N–H and O–H groups in total. The van der Waals surface area contributed by atoms with Crippen LogP contribution in [0.1, 0.15) is 12.5 Å². The molecule has 2 aromatic carbocycles. The number of hydrazone groups is 1. The first-order valence-electron chi connectivity index (χ1n) is 8.14. The number of hydrogen-bond acceptors (Lipinski definition) is 5. The highest BCUT2D eigenvalue weighted by atomic mass is 16.5. The summed E-state index contributed by atoms with van der Waals surface area (Å²) in [6.07, 6.45) is 1.62. The van der Waals surface area contributed by atoms with Crippen LogP contribution in [0.15, 0.2) is 53.6 Å². The van der Waals surface area contributed by atoms with E-state index in [1.807, 2.05) is 74.4 Å². The van der Waals surface area contributed by atoms with Crippen LogP contribution in [0.4, 0.5) is 11.4 Å². The highest BCUT2D eigenvalue weighted by molar-refractivity contribution is 5.84. The zero-order valence-corrected chi connectivity index (χ0v) is 14.8. The van der Waals surface area contributed by atoms with E-state index in [0.29, 0.717) is 6.61 Å². The third-order valence-corrected chi connectivity index (χ3v) is 3.43. The largest absolute Gasteiger partial charge is 0.494 e. The molecule has 0 aliphatic carbocycles. The molecule has 1 amide bonds. The summed E-state index contributed by atoms with van der Waals surface area (Å²) in [6.45, 7) is 2.71. The van der Waals surface area contributed by atoms with Gasteiger partial charge in [-0.3, -0.25) is 4.79 Å². The Morgan fingerprint density at radius 3 is 2.40 bits per heavy atom. The molecule has 0 unspecified atom stereocenters. The molecule has 0 saturated heterocycles. The van der Waals surface area contributed by atoms with E-state index in [1.54, 1.807) is 6.21 Å². The molecule has 0 atom stereocenters. The molecular formula is C19H24N4O2. The van der Waals surface area contributed by atoms with Crippen molar-refractivity contribution in [3.8, 4) is 5.75 Å². The van der Waals surface area contributed by atoms with E-state index in [4.69, 9.17) is 4.74 Å². The van der Waals surface area contributed by atoms with Crippen LogP contribution in [0, 0.1) is 0 Å². The second-order valence-corrected chi connectivity index (χ2v) is 5.59. The van der Waals surface area contributed by atoms with Crippen molar-refractivity contribution in [2.45, 2.75) is 6.92 Å². The highest BCUT2D eigenvalue weighted by Crippen LogP contribution is 2.15. The summed E-state index contributed by atoms with van der Waals surface area (Å²) in [5.74, 6) is 0.595. The number of amides is 1. The van der Waals surface area contributed by atoms with E-state index < -0.39 is 0 Å². The van der Waals surface area contributed by atoms with Gasteiger partial charge in [-0.05, 0) is 48.9 Å². The van der Waals surface area contributed by atoms with Crippen LogP contribution in [-0.4, -0.2) is 39.4 Å². The standard InChI is InChI=1S/C19H24N4O2/c1-4-25-18-11-7-16(8-12-18)20-14-19(24)22-21-13-15-5-9-17(10-6-15)23(2)3/h5-13,20H,4,14H2,1-3H3,(H,22,24)/b21-13-. The lowest BCUT2D eigenvalue weighted by Crippen LogP contribution is -2.25. The number of ether oxygens (including phenoxy) is 1. The molecule has 0 fully saturated rings. The lowest BCUT2D eigenvalue weighted by Gasteiger charge is -2.11. The van der Waals surface area contributed by atoms with Crippen molar-refractivity contribution in [3.05, 3.63) is 54.1 Å². The van der Waals surface area contributed by atoms with Gasteiger partial charge in [0.1, 0.15) is 5.75 Å². The fraction of sp³-hybridized carbons (Fsp3) is 0.263. The van der Waals surface area contributed by atoms with Crippen LogP contribution in [0.2, 0.25) is 0 Å². The number of nitrogens with one attached hydrogen (secondary N) is 2. The Morgan fingerprint density at radius 2 is 1.80 bits per heavy atom. The molecule has 0 heterocycles. The Labute approximate surface area is 148 Å². The minimum absolute atomic E-state index is 0.144. The number of carbonyl (C=O) groups is 1. The molecule has 25 heavy (non-hydrogen) atoms. The van der Waals surface area contributed by atoms with Crippen molar-refractivity contribution in [2.24, 2.45) is 5.10 Å². The maximum Gasteiger partial charge on any atom is 0.259 e. The SMILES string of the molecule is CCOc1ccc(NCC(=O)N/N=C\c2ccc(N(C)C)cc2)cc1. The molecule has 6 nitrogen and oxygen atoms in total. The summed E-state index contributed by atoms with van der Waals surface area (Å²) in [5.41, 5.74) is 5.39. The Balaban J connectivity index is 1.76. The van der Waals surface area contributed by atoms with Crippen molar-refractivity contribution in [1.29, 1.82) is 0 Å². The molecule has 2 rings (SSSR count). The number of anilines is 2. The molecule has 0 bridgehead atoms. The molecule has 6 heteroatoms. The Morgan fingerprint density at radius 1 is 1.12 bits per heavy atom. The smallest absolute Gasteiger partial charge is 0.259 e. The topological polar surface area (TPSA) is 66.0 Å². The number of carbonyl (C=O) groups excluding carboxylic acids is 1. The minimum Gasteiger partial charge on any atom is -0.494 e. The van der Waals surface area contributed by atoms with Gasteiger partial charge in [0.25, 0.3) is 5.91 Å². The Kier molecular flexibility index (Phi) is 6.83. The average Bonchev–Trinajstić information content (AvgIpc) is 2.62. The van der Waals surface area contributed by atoms with Gasteiger partial charge in [0.15, 0.2) is 0 Å². The van der Waals surface area contributed by atoms with Gasteiger partial charge in [0.2, 0.25) is 0 Å². The summed E-state index contributed by atoms with van der Waals surface area (Å²) in [5, 5.41) is 7.00. The third kappa shape index (κ3) is 6.18. The number of hydrogen-bond donors (Lipinski definition) is 2. The van der Waals surface area contributed by atoms with E-state index in [1.165, 1.54) is 0 Å². The van der Waals surface area contributed by atoms with E-state index in [9.17, 15) is 4.79 Å². The normalized spacial score (nSPS) is 10.5. The second kappa shape index (κ2) is 9.32. The van der Waals surface area contributed by atoms with E-state index >= 15 is 0 Å². The van der Waals surface area contributed by atoms with Crippen molar-refractivity contribution < 1.29 is 9.53 Å². The summed E-state index contributed by atoms with van der Waals surface area (Å²) in [7, 11) is 3.97. The predicted molar refractivity (Wildman–Crippen MR) is 103 cm³/mol. The number of nitrogens with zero attached hydrogens (tertiary/aromatic N) is 2. The van der Waals surface area contributed by atoms with Crippen molar-refractivity contribution in [2.75, 3.05) is 37.5 Å². The quantitative estimate of drug-likeness (QED) is 0.573. The van der Waals surface area contributed by atoms with Gasteiger partial charge < -0.3 is 15.0 Å². The van der Waals surface area contributed by atoms with Crippen LogP contribution in [0.5, 0.6) is 5.75 Å². The zero-order chi connectivity index (χ0) is 18.1. The molecule has 0 saturated carbocycles. The molecule has 0 radical (unpaired) electrons. The third-order valence-electron chi connectivity index (χ3n) is 3.43. The first-order chi connectivity index (χ1) is 12.1. The van der Waals surface area contributed by atoms with Crippen LogP contribution >= 0.6 is 0 Å². The molecule has 0 aliphatic heterocycles. The van der Waals surface area contributed by atoms with Crippen molar-refractivity contribution >= 4 is 23.5 Å². The lowest BCUT2D eigenvalue weighted by molar-refractivity contribution is -0.119. The van der Waals surface area contributed by atoms with E-state index in [-0.39, 0.29) is 12.5 Å². The molecule has 2 aromatic rings. The van der Waals surface area contributed by atoms with Gasteiger partial charge in [-0.25, -0.2) is 5.43 Å². The highest BCUT2D eigenvalue weighted by Gasteiger charge is 2.00. The molecule has 132 valence electrons. The lowest BCUT2D eigenvalue weighted by atomic mass is 10.2. The van der Waals surface area contributed by atoms with Gasteiger partial charge in [0, 0.05) is 25.5 Å². The van der Waals surface area contributed by atoms with Gasteiger partial charge in [-0.15, -0.1) is 0 Å². The van der Waals surface area contributed by atoms with E-state index in [0.717, 1.165) is 22.7 Å². The van der Waals surface area contributed by atoms with Crippen molar-refractivity contribution in [1.82, 2.24) is 5.43 Å². The fourth-order valence-corrected chi connectivity index (χ4v) is 2.09. The fourth-order valence-electron chi connectivity index (χ4n) is 2.09. The molecule has 0 aromatic heterocycles. The van der Waals surface area contributed by atoms with E-state index in [2.05, 4.69) is 15.8 Å². The van der Waals surface area contributed by atoms with Crippen LogP contribution in [-0.2, 0) is 4.79 Å². The van der Waals surface area contributed by atoms with Crippen molar-refractivity contribution in [3.63, 3.8) is 0 Å². The van der Waals surface area contributed by atoms with Crippen LogP contribution < -0.4 is 20.4 Å². The maximum atomic E-state index is 11.8. The Bertz CT molecular complexity index is 694. The van der Waals surface area contributed by atoms with Gasteiger partial charge in [-0.1, -0.05) is 12.1 Å². The molecule has 0 spiro atoms.